The van der Waals surface area contributed by atoms with Gasteiger partial charge in [0.05, 0.1) is 0 Å². The summed E-state index contributed by atoms with van der Waals surface area (Å²) in [5.41, 5.74) is 0.956. The fourth-order valence-electron chi connectivity index (χ4n) is 2.80. The molecule has 2 unspecified atom stereocenters. The minimum atomic E-state index is -0.0888. The van der Waals surface area contributed by atoms with Crippen LogP contribution >= 0.6 is 0 Å². The average molecular weight is 264 g/mol. The van der Waals surface area contributed by atoms with Gasteiger partial charge in [-0.25, -0.2) is 4.39 Å². The molecule has 0 spiro atoms. The third kappa shape index (κ3) is 3.34. The molecule has 0 bridgehead atoms. The molecule has 0 saturated carbocycles. The van der Waals surface area contributed by atoms with Crippen molar-refractivity contribution in [3.8, 4) is 0 Å². The van der Waals surface area contributed by atoms with Crippen molar-refractivity contribution in [1.29, 1.82) is 0 Å². The van der Waals surface area contributed by atoms with E-state index in [1.54, 1.807) is 12.1 Å². The summed E-state index contributed by atoms with van der Waals surface area (Å²) < 4.78 is 13.8. The Bertz CT molecular complexity index is 421. The molecule has 1 N–H and O–H groups in total. The molecule has 1 heterocycles. The van der Waals surface area contributed by atoms with E-state index in [2.05, 4.69) is 31.0 Å². The molecule has 1 aromatic carbocycles. The number of nitrogens with zero attached hydrogens (tertiary/aromatic N) is 1. The van der Waals surface area contributed by atoms with E-state index in [-0.39, 0.29) is 11.4 Å². The predicted octanol–water partition coefficient (Wildman–Crippen LogP) is 3.18. The number of hydrogen-bond acceptors (Lipinski definition) is 2. The van der Waals surface area contributed by atoms with Crippen LogP contribution in [-0.4, -0.2) is 29.6 Å². The third-order valence-corrected chi connectivity index (χ3v) is 4.42. The van der Waals surface area contributed by atoms with Gasteiger partial charge in [0.15, 0.2) is 0 Å². The number of benzene rings is 1. The van der Waals surface area contributed by atoms with E-state index in [1.165, 1.54) is 0 Å². The molecule has 2 nitrogen and oxygen atoms in total. The van der Waals surface area contributed by atoms with Crippen LogP contribution in [0.2, 0.25) is 0 Å². The summed E-state index contributed by atoms with van der Waals surface area (Å²) in [5, 5.41) is 3.64. The highest BCUT2D eigenvalue weighted by molar-refractivity contribution is 5.17. The Balaban J connectivity index is 2.13. The van der Waals surface area contributed by atoms with E-state index in [4.69, 9.17) is 0 Å². The second-order valence-electron chi connectivity index (χ2n) is 5.85. The maximum atomic E-state index is 13.8. The van der Waals surface area contributed by atoms with Gasteiger partial charge >= 0.3 is 0 Å². The van der Waals surface area contributed by atoms with Crippen LogP contribution in [0.1, 0.15) is 39.2 Å². The second kappa shape index (κ2) is 6.02. The van der Waals surface area contributed by atoms with Gasteiger partial charge in [-0.1, -0.05) is 32.0 Å². The van der Waals surface area contributed by atoms with Crippen LogP contribution in [0.15, 0.2) is 24.3 Å². The van der Waals surface area contributed by atoms with Crippen LogP contribution in [0.3, 0.4) is 0 Å². The Hall–Kier alpha value is -0.930. The Labute approximate surface area is 116 Å². The molecule has 0 aliphatic carbocycles. The third-order valence-electron chi connectivity index (χ3n) is 4.42. The lowest BCUT2D eigenvalue weighted by atomic mass is 9.92. The quantitative estimate of drug-likeness (QED) is 0.898. The summed E-state index contributed by atoms with van der Waals surface area (Å²) in [6.07, 6.45) is 2.19. The van der Waals surface area contributed by atoms with E-state index < -0.39 is 0 Å². The second-order valence-corrected chi connectivity index (χ2v) is 5.85. The van der Waals surface area contributed by atoms with Crippen molar-refractivity contribution < 1.29 is 4.39 Å². The van der Waals surface area contributed by atoms with Crippen LogP contribution in [0.4, 0.5) is 4.39 Å². The molecule has 1 saturated heterocycles. The smallest absolute Gasteiger partial charge is 0.127 e. The summed E-state index contributed by atoms with van der Waals surface area (Å²) in [4.78, 5) is 2.43. The van der Waals surface area contributed by atoms with Crippen molar-refractivity contribution in [1.82, 2.24) is 10.2 Å². The molecule has 1 fully saturated rings. The van der Waals surface area contributed by atoms with Gasteiger partial charge in [0.2, 0.25) is 0 Å². The number of hydrogen-bond donors (Lipinski definition) is 1. The molecule has 0 aromatic heterocycles. The lowest BCUT2D eigenvalue weighted by Gasteiger charge is -2.46. The van der Waals surface area contributed by atoms with Gasteiger partial charge in [0.25, 0.3) is 0 Å². The molecule has 106 valence electrons. The van der Waals surface area contributed by atoms with Crippen LogP contribution < -0.4 is 5.32 Å². The summed E-state index contributed by atoms with van der Waals surface area (Å²) in [5.74, 6) is -0.0888. The molecule has 0 radical (unpaired) electrons. The largest absolute Gasteiger partial charge is 0.309 e. The molecule has 1 aliphatic rings. The zero-order chi connectivity index (χ0) is 13.9. The molecule has 2 atom stereocenters. The fraction of sp³-hybridized carbons (Fsp3) is 0.625. The molecule has 19 heavy (non-hydrogen) atoms. The standard InChI is InChI=1S/C16H25FN2/c1-4-14-10-18-16(3,5-2)12-19(14)11-13-8-6-7-9-15(13)17/h6-9,14,18H,4-5,10-12H2,1-3H3. The van der Waals surface area contributed by atoms with Crippen molar-refractivity contribution in [2.75, 3.05) is 13.1 Å². The Morgan fingerprint density at radius 2 is 2.11 bits per heavy atom. The van der Waals surface area contributed by atoms with Gasteiger partial charge < -0.3 is 5.32 Å². The summed E-state index contributed by atoms with van der Waals surface area (Å²) in [6, 6.07) is 7.62. The topological polar surface area (TPSA) is 15.3 Å². The van der Waals surface area contributed by atoms with E-state index in [0.29, 0.717) is 12.6 Å². The van der Waals surface area contributed by atoms with E-state index in [0.717, 1.165) is 31.5 Å². The first-order valence-corrected chi connectivity index (χ1v) is 7.30. The number of nitrogens with one attached hydrogen (secondary N) is 1. The van der Waals surface area contributed by atoms with Crippen LogP contribution in [0.5, 0.6) is 0 Å². The van der Waals surface area contributed by atoms with Crippen molar-refractivity contribution in [2.45, 2.75) is 51.7 Å². The fourth-order valence-corrected chi connectivity index (χ4v) is 2.80. The van der Waals surface area contributed by atoms with Gasteiger partial charge in [-0.2, -0.15) is 0 Å². The summed E-state index contributed by atoms with van der Waals surface area (Å²) >= 11 is 0. The summed E-state index contributed by atoms with van der Waals surface area (Å²) in [6.45, 7) is 9.36. The zero-order valence-electron chi connectivity index (χ0n) is 12.2. The maximum Gasteiger partial charge on any atom is 0.127 e. The van der Waals surface area contributed by atoms with Crippen molar-refractivity contribution in [2.24, 2.45) is 0 Å². The normalized spacial score (nSPS) is 28.5. The van der Waals surface area contributed by atoms with Crippen LogP contribution in [0.25, 0.3) is 0 Å². The Morgan fingerprint density at radius 1 is 1.37 bits per heavy atom. The highest BCUT2D eigenvalue weighted by Gasteiger charge is 2.33. The number of piperazine rings is 1. The first-order chi connectivity index (χ1) is 9.08. The van der Waals surface area contributed by atoms with Gasteiger partial charge in [-0.05, 0) is 25.8 Å². The highest BCUT2D eigenvalue weighted by atomic mass is 19.1. The molecule has 1 aliphatic heterocycles. The van der Waals surface area contributed by atoms with Crippen molar-refractivity contribution in [3.63, 3.8) is 0 Å². The average Bonchev–Trinajstić information content (AvgIpc) is 2.42. The number of halogens is 1. The van der Waals surface area contributed by atoms with Crippen LogP contribution in [0, 0.1) is 5.82 Å². The highest BCUT2D eigenvalue weighted by Crippen LogP contribution is 2.23. The lowest BCUT2D eigenvalue weighted by molar-refractivity contribution is 0.0745. The molecule has 1 aromatic rings. The molecular weight excluding hydrogens is 239 g/mol. The van der Waals surface area contributed by atoms with Crippen molar-refractivity contribution in [3.05, 3.63) is 35.6 Å². The lowest BCUT2D eigenvalue weighted by Crippen LogP contribution is -2.62. The molecule has 2 rings (SSSR count). The number of rotatable bonds is 4. The van der Waals surface area contributed by atoms with Gasteiger partial charge in [-0.15, -0.1) is 0 Å². The first-order valence-electron chi connectivity index (χ1n) is 7.30. The predicted molar refractivity (Wildman–Crippen MR) is 77.6 cm³/mol. The minimum Gasteiger partial charge on any atom is -0.309 e. The van der Waals surface area contributed by atoms with E-state index >= 15 is 0 Å². The minimum absolute atomic E-state index is 0.0888. The van der Waals surface area contributed by atoms with E-state index in [1.807, 2.05) is 12.1 Å². The molecule has 0 amide bonds. The first kappa shape index (κ1) is 14.5. The van der Waals surface area contributed by atoms with Gasteiger partial charge in [-0.3, -0.25) is 4.90 Å². The monoisotopic (exact) mass is 264 g/mol. The van der Waals surface area contributed by atoms with E-state index in [9.17, 15) is 4.39 Å². The Kier molecular flexibility index (Phi) is 4.58. The zero-order valence-corrected chi connectivity index (χ0v) is 12.2. The SMILES string of the molecule is CCC1CNC(C)(CC)CN1Cc1ccccc1F. The Morgan fingerprint density at radius 3 is 2.74 bits per heavy atom. The van der Waals surface area contributed by atoms with Crippen molar-refractivity contribution >= 4 is 0 Å². The maximum absolute atomic E-state index is 13.8. The molecular formula is C16H25FN2. The molecule has 3 heteroatoms. The summed E-state index contributed by atoms with van der Waals surface area (Å²) in [7, 11) is 0. The van der Waals surface area contributed by atoms with Gasteiger partial charge in [0, 0.05) is 36.8 Å². The van der Waals surface area contributed by atoms with Crippen LogP contribution in [-0.2, 0) is 6.54 Å². The van der Waals surface area contributed by atoms with Gasteiger partial charge in [0.1, 0.15) is 5.82 Å².